The predicted octanol–water partition coefficient (Wildman–Crippen LogP) is 1.82. The van der Waals surface area contributed by atoms with Gasteiger partial charge in [0.1, 0.15) is 16.1 Å². The van der Waals surface area contributed by atoms with Gasteiger partial charge in [0, 0.05) is 0 Å². The molecule has 0 radical (unpaired) electrons. The van der Waals surface area contributed by atoms with Crippen LogP contribution in [0.3, 0.4) is 0 Å². The Labute approximate surface area is 146 Å². The lowest BCUT2D eigenvalue weighted by atomic mass is 10.1. The number of methoxy groups -OCH3 is 1. The highest BCUT2D eigenvalue weighted by atomic mass is 32.2. The molecule has 0 spiro atoms. The van der Waals surface area contributed by atoms with Gasteiger partial charge in [-0.2, -0.15) is 0 Å². The highest BCUT2D eigenvalue weighted by Crippen LogP contribution is 2.35. The Bertz CT molecular complexity index is 745. The second-order valence-corrected chi connectivity index (χ2v) is 6.46. The lowest BCUT2D eigenvalue weighted by Crippen LogP contribution is -2.45. The highest BCUT2D eigenvalue weighted by molar-refractivity contribution is 8.26. The van der Waals surface area contributed by atoms with Crippen molar-refractivity contribution in [3.8, 4) is 5.75 Å². The van der Waals surface area contributed by atoms with Crippen molar-refractivity contribution in [1.29, 1.82) is 0 Å². The number of carboxylic acids is 2. The third-order valence-corrected chi connectivity index (χ3v) is 4.51. The maximum absolute atomic E-state index is 12.5. The van der Waals surface area contributed by atoms with Crippen LogP contribution in [0.25, 0.3) is 6.08 Å². The second-order valence-electron chi connectivity index (χ2n) is 4.78. The van der Waals surface area contributed by atoms with Crippen molar-refractivity contribution in [2.24, 2.45) is 0 Å². The third kappa shape index (κ3) is 3.92. The molecule has 2 rings (SSSR count). The number of carbonyl (C=O) groups excluding carboxylic acids is 1. The van der Waals surface area contributed by atoms with Crippen molar-refractivity contribution >= 4 is 52.2 Å². The summed E-state index contributed by atoms with van der Waals surface area (Å²) in [6.07, 6.45) is 0.829. The SMILES string of the molecule is COc1cccc(/C=C2/SC(=S)N(C(CC(=O)O)C(=O)O)C2=O)c1. The minimum absolute atomic E-state index is 0.0165. The summed E-state index contributed by atoms with van der Waals surface area (Å²) in [5.41, 5.74) is 0.681. The van der Waals surface area contributed by atoms with E-state index in [9.17, 15) is 19.5 Å². The summed E-state index contributed by atoms with van der Waals surface area (Å²) in [6.45, 7) is 0. The van der Waals surface area contributed by atoms with Gasteiger partial charge in [-0.15, -0.1) is 0 Å². The normalized spacial score (nSPS) is 17.2. The number of thioether (sulfide) groups is 1. The number of aliphatic carboxylic acids is 2. The highest BCUT2D eigenvalue weighted by Gasteiger charge is 2.41. The van der Waals surface area contributed by atoms with E-state index >= 15 is 0 Å². The zero-order chi connectivity index (χ0) is 17.9. The first-order valence-corrected chi connectivity index (χ1v) is 7.91. The van der Waals surface area contributed by atoms with Gasteiger partial charge in [0.25, 0.3) is 5.91 Å². The molecule has 1 fully saturated rings. The molecule has 1 amide bonds. The van der Waals surface area contributed by atoms with Crippen LogP contribution in [0.4, 0.5) is 0 Å². The van der Waals surface area contributed by atoms with Gasteiger partial charge in [-0.3, -0.25) is 14.5 Å². The Morgan fingerprint density at radius 3 is 2.71 bits per heavy atom. The first-order chi connectivity index (χ1) is 11.3. The molecule has 1 unspecified atom stereocenters. The van der Waals surface area contributed by atoms with Crippen LogP contribution < -0.4 is 4.74 Å². The van der Waals surface area contributed by atoms with Gasteiger partial charge in [0.15, 0.2) is 0 Å². The Kier molecular flexibility index (Phi) is 5.58. The molecule has 1 aliphatic heterocycles. The lowest BCUT2D eigenvalue weighted by Gasteiger charge is -2.21. The molecule has 0 bridgehead atoms. The van der Waals surface area contributed by atoms with E-state index in [1.807, 2.05) is 0 Å². The number of nitrogens with zero attached hydrogens (tertiary/aromatic N) is 1. The molecule has 2 N–H and O–H groups in total. The average molecular weight is 367 g/mol. The van der Waals surface area contributed by atoms with Crippen LogP contribution in [0.2, 0.25) is 0 Å². The van der Waals surface area contributed by atoms with E-state index in [0.29, 0.717) is 11.3 Å². The zero-order valence-corrected chi connectivity index (χ0v) is 14.1. The number of benzene rings is 1. The summed E-state index contributed by atoms with van der Waals surface area (Å²) >= 11 is 5.99. The van der Waals surface area contributed by atoms with E-state index in [4.69, 9.17) is 22.1 Å². The maximum Gasteiger partial charge on any atom is 0.327 e. The van der Waals surface area contributed by atoms with E-state index in [-0.39, 0.29) is 9.23 Å². The Morgan fingerprint density at radius 2 is 2.12 bits per heavy atom. The molecular formula is C15H13NO6S2. The fourth-order valence-corrected chi connectivity index (χ4v) is 3.44. The van der Waals surface area contributed by atoms with Gasteiger partial charge < -0.3 is 14.9 Å². The van der Waals surface area contributed by atoms with Crippen molar-refractivity contribution in [3.63, 3.8) is 0 Å². The Hall–Kier alpha value is -2.39. The summed E-state index contributed by atoms with van der Waals surface area (Å²) in [5.74, 6) is -2.76. The first kappa shape index (κ1) is 18.0. The van der Waals surface area contributed by atoms with E-state index in [0.717, 1.165) is 16.7 Å². The van der Waals surface area contributed by atoms with Crippen molar-refractivity contribution in [2.75, 3.05) is 7.11 Å². The van der Waals surface area contributed by atoms with Gasteiger partial charge >= 0.3 is 11.9 Å². The monoisotopic (exact) mass is 367 g/mol. The van der Waals surface area contributed by atoms with Crippen LogP contribution in [0.1, 0.15) is 12.0 Å². The van der Waals surface area contributed by atoms with Gasteiger partial charge in [0.2, 0.25) is 0 Å². The van der Waals surface area contributed by atoms with E-state index < -0.39 is 30.3 Å². The third-order valence-electron chi connectivity index (χ3n) is 3.18. The predicted molar refractivity (Wildman–Crippen MR) is 91.7 cm³/mol. The van der Waals surface area contributed by atoms with E-state index in [1.54, 1.807) is 30.3 Å². The van der Waals surface area contributed by atoms with Crippen LogP contribution in [0.15, 0.2) is 29.2 Å². The lowest BCUT2D eigenvalue weighted by molar-refractivity contribution is -0.150. The van der Waals surface area contributed by atoms with Crippen LogP contribution >= 0.6 is 24.0 Å². The number of amides is 1. The van der Waals surface area contributed by atoms with Gasteiger partial charge in [-0.05, 0) is 23.8 Å². The smallest absolute Gasteiger partial charge is 0.327 e. The molecule has 0 aliphatic carbocycles. The fourth-order valence-electron chi connectivity index (χ4n) is 2.09. The van der Waals surface area contributed by atoms with Gasteiger partial charge in [0.05, 0.1) is 18.4 Å². The summed E-state index contributed by atoms with van der Waals surface area (Å²) in [5, 5.41) is 18.0. The first-order valence-electron chi connectivity index (χ1n) is 6.69. The van der Waals surface area contributed by atoms with Gasteiger partial charge in [-0.1, -0.05) is 36.1 Å². The molecule has 24 heavy (non-hydrogen) atoms. The van der Waals surface area contributed by atoms with Crippen LogP contribution in [-0.2, 0) is 14.4 Å². The topological polar surface area (TPSA) is 104 Å². The minimum Gasteiger partial charge on any atom is -0.497 e. The van der Waals surface area contributed by atoms with Crippen molar-refractivity contribution in [3.05, 3.63) is 34.7 Å². The summed E-state index contributed by atoms with van der Waals surface area (Å²) in [7, 11) is 1.52. The number of carbonyl (C=O) groups is 3. The zero-order valence-electron chi connectivity index (χ0n) is 12.5. The average Bonchev–Trinajstić information content (AvgIpc) is 2.79. The van der Waals surface area contributed by atoms with Crippen LogP contribution in [0, 0.1) is 0 Å². The van der Waals surface area contributed by atoms with Crippen LogP contribution in [-0.4, -0.2) is 50.4 Å². The minimum atomic E-state index is -1.54. The Morgan fingerprint density at radius 1 is 1.42 bits per heavy atom. The quantitative estimate of drug-likeness (QED) is 0.580. The number of ether oxygens (including phenoxy) is 1. The van der Waals surface area contributed by atoms with Crippen molar-refractivity contribution in [2.45, 2.75) is 12.5 Å². The number of thiocarbonyl (C=S) groups is 1. The summed E-state index contributed by atoms with van der Waals surface area (Å²) in [6, 6.07) is 5.41. The second kappa shape index (κ2) is 7.45. The van der Waals surface area contributed by atoms with Crippen LogP contribution in [0.5, 0.6) is 5.75 Å². The standard InChI is InChI=1S/C15H13NO6S2/c1-22-9-4-2-3-8(5-9)6-11-13(19)16(15(23)24-11)10(14(20)21)7-12(17)18/h2-6,10H,7H2,1H3,(H,17,18)(H,20,21)/b11-6+. The molecule has 0 saturated carbocycles. The molecule has 0 aromatic heterocycles. The fraction of sp³-hybridized carbons (Fsp3) is 0.200. The molecule has 9 heteroatoms. The molecule has 1 aromatic rings. The molecule has 1 aromatic carbocycles. The molecule has 126 valence electrons. The summed E-state index contributed by atoms with van der Waals surface area (Å²) in [4.78, 5) is 35.7. The maximum atomic E-state index is 12.5. The van der Waals surface area contributed by atoms with Crippen molar-refractivity contribution in [1.82, 2.24) is 4.90 Å². The number of carboxylic acid groups (broad SMARTS) is 2. The largest absolute Gasteiger partial charge is 0.497 e. The number of rotatable bonds is 6. The van der Waals surface area contributed by atoms with E-state index in [2.05, 4.69) is 0 Å². The Balaban J connectivity index is 2.31. The number of hydrogen-bond donors (Lipinski definition) is 2. The molecule has 1 aliphatic rings. The van der Waals surface area contributed by atoms with Crippen molar-refractivity contribution < 1.29 is 29.3 Å². The van der Waals surface area contributed by atoms with E-state index in [1.165, 1.54) is 7.11 Å². The molecule has 1 atom stereocenters. The molecule has 1 heterocycles. The number of hydrogen-bond acceptors (Lipinski definition) is 6. The van der Waals surface area contributed by atoms with Gasteiger partial charge in [-0.25, -0.2) is 4.79 Å². The molecule has 7 nitrogen and oxygen atoms in total. The molecule has 1 saturated heterocycles. The molecular weight excluding hydrogens is 354 g/mol. The summed E-state index contributed by atoms with van der Waals surface area (Å²) < 4.78 is 5.12.